The zero-order chi connectivity index (χ0) is 27.3. The number of nitrogens with zero attached hydrogens (tertiary/aromatic N) is 4. The molecule has 1 unspecified atom stereocenters. The third-order valence-electron chi connectivity index (χ3n) is 6.28. The summed E-state index contributed by atoms with van der Waals surface area (Å²) in [5.74, 6) is 0.307. The lowest BCUT2D eigenvalue weighted by Gasteiger charge is -2.26. The van der Waals surface area contributed by atoms with Gasteiger partial charge in [0.05, 0.1) is 23.9 Å². The average Bonchev–Trinajstić information content (AvgIpc) is 3.36. The van der Waals surface area contributed by atoms with Crippen molar-refractivity contribution >= 4 is 39.2 Å². The number of thioether (sulfide) groups is 1. The molecule has 1 fully saturated rings. The summed E-state index contributed by atoms with van der Waals surface area (Å²) in [5, 5.41) is 12.1. The second-order valence-electron chi connectivity index (χ2n) is 8.95. The van der Waals surface area contributed by atoms with E-state index in [1.54, 1.807) is 42.5 Å². The molecule has 2 aromatic carbocycles. The first kappa shape index (κ1) is 28.0. The molecule has 0 aliphatic carbocycles. The molecule has 0 bridgehead atoms. The van der Waals surface area contributed by atoms with Crippen LogP contribution < -0.4 is 5.32 Å². The molecule has 1 amide bonds. The van der Waals surface area contributed by atoms with Gasteiger partial charge in [0.25, 0.3) is 0 Å². The first-order valence-electron chi connectivity index (χ1n) is 12.4. The number of Topliss-reactive ketones (excluding diaryl/α,β-unsaturated/α-hetero) is 1. The SMILES string of the molecule is CCC(C)n1c(SCC(=O)Nc2cccc(C(C)=O)c2)nnc1-c1cccc(S(=O)(=O)N2CCOCC2)c1. The van der Waals surface area contributed by atoms with Gasteiger partial charge in [-0.25, -0.2) is 8.42 Å². The highest BCUT2D eigenvalue weighted by Crippen LogP contribution is 2.31. The fourth-order valence-corrected chi connectivity index (χ4v) is 6.32. The van der Waals surface area contributed by atoms with Crippen LogP contribution in [0.25, 0.3) is 11.4 Å². The fourth-order valence-electron chi connectivity index (χ4n) is 4.03. The minimum absolute atomic E-state index is 0.0114. The molecule has 38 heavy (non-hydrogen) atoms. The van der Waals surface area contributed by atoms with E-state index in [2.05, 4.69) is 15.5 Å². The van der Waals surface area contributed by atoms with Crippen LogP contribution in [0.3, 0.4) is 0 Å². The molecule has 1 atom stereocenters. The van der Waals surface area contributed by atoms with E-state index in [0.29, 0.717) is 54.1 Å². The second kappa shape index (κ2) is 12.2. The molecule has 1 aromatic heterocycles. The number of amides is 1. The van der Waals surface area contributed by atoms with Gasteiger partial charge in [0.1, 0.15) is 0 Å². The van der Waals surface area contributed by atoms with E-state index in [1.165, 1.54) is 23.0 Å². The van der Waals surface area contributed by atoms with Crippen LogP contribution in [-0.2, 0) is 19.6 Å². The monoisotopic (exact) mass is 557 g/mol. The number of anilines is 1. The standard InChI is InChI=1S/C26H31N5O5S2/c1-4-18(2)31-25(21-8-6-10-23(16-21)38(34,35)30-11-13-36-14-12-30)28-29-26(31)37-17-24(33)27-22-9-5-7-20(15-22)19(3)32/h5-10,15-16,18H,4,11-14,17H2,1-3H3,(H,27,33). The van der Waals surface area contributed by atoms with Gasteiger partial charge in [0.2, 0.25) is 15.9 Å². The van der Waals surface area contributed by atoms with Gasteiger partial charge >= 0.3 is 0 Å². The molecule has 1 aliphatic rings. The lowest BCUT2D eigenvalue weighted by molar-refractivity contribution is -0.113. The first-order chi connectivity index (χ1) is 18.2. The Bertz CT molecular complexity index is 1420. The van der Waals surface area contributed by atoms with Crippen LogP contribution in [0.1, 0.15) is 43.6 Å². The Kier molecular flexibility index (Phi) is 8.98. The molecule has 0 radical (unpaired) electrons. The van der Waals surface area contributed by atoms with Crippen LogP contribution in [0.5, 0.6) is 0 Å². The van der Waals surface area contributed by atoms with E-state index in [9.17, 15) is 18.0 Å². The number of benzene rings is 2. The molecule has 10 nitrogen and oxygen atoms in total. The van der Waals surface area contributed by atoms with Crippen molar-refractivity contribution in [3.8, 4) is 11.4 Å². The van der Waals surface area contributed by atoms with E-state index >= 15 is 0 Å². The molecule has 1 N–H and O–H groups in total. The number of ether oxygens (including phenoxy) is 1. The van der Waals surface area contributed by atoms with Crippen LogP contribution in [0, 0.1) is 0 Å². The van der Waals surface area contributed by atoms with Crippen molar-refractivity contribution in [1.82, 2.24) is 19.1 Å². The number of sulfonamides is 1. The third kappa shape index (κ3) is 6.32. The maximum atomic E-state index is 13.2. The summed E-state index contributed by atoms with van der Waals surface area (Å²) in [6, 6.07) is 13.5. The predicted molar refractivity (Wildman–Crippen MR) is 146 cm³/mol. The first-order valence-corrected chi connectivity index (χ1v) is 14.8. The summed E-state index contributed by atoms with van der Waals surface area (Å²) in [7, 11) is -3.67. The maximum absolute atomic E-state index is 13.2. The molecule has 1 aliphatic heterocycles. The summed E-state index contributed by atoms with van der Waals surface area (Å²) >= 11 is 1.25. The molecule has 2 heterocycles. The van der Waals surface area contributed by atoms with Crippen molar-refractivity contribution in [2.45, 2.75) is 43.3 Å². The highest BCUT2D eigenvalue weighted by atomic mass is 32.2. The number of morpholine rings is 1. The normalized spacial score (nSPS) is 15.2. The Hall–Kier alpha value is -3.06. The zero-order valence-electron chi connectivity index (χ0n) is 21.6. The number of carbonyl (C=O) groups is 2. The lowest BCUT2D eigenvalue weighted by Crippen LogP contribution is -2.40. The number of aromatic nitrogens is 3. The molecular formula is C26H31N5O5S2. The number of carbonyl (C=O) groups excluding carboxylic acids is 2. The summed E-state index contributed by atoms with van der Waals surface area (Å²) in [5.41, 5.74) is 1.70. The smallest absolute Gasteiger partial charge is 0.243 e. The molecule has 3 aromatic rings. The Labute approximate surface area is 226 Å². The molecule has 0 saturated carbocycles. The van der Waals surface area contributed by atoms with Crippen molar-refractivity contribution in [3.05, 3.63) is 54.1 Å². The van der Waals surface area contributed by atoms with Crippen molar-refractivity contribution in [3.63, 3.8) is 0 Å². The van der Waals surface area contributed by atoms with Crippen LogP contribution in [0.15, 0.2) is 58.6 Å². The van der Waals surface area contributed by atoms with E-state index in [0.717, 1.165) is 6.42 Å². The highest BCUT2D eigenvalue weighted by molar-refractivity contribution is 7.99. The Morgan fingerprint density at radius 2 is 1.84 bits per heavy atom. The van der Waals surface area contributed by atoms with E-state index in [1.807, 2.05) is 24.5 Å². The van der Waals surface area contributed by atoms with Crippen molar-refractivity contribution in [2.75, 3.05) is 37.4 Å². The van der Waals surface area contributed by atoms with Gasteiger partial charge in [-0.05, 0) is 44.5 Å². The quantitative estimate of drug-likeness (QED) is 0.294. The third-order valence-corrected chi connectivity index (χ3v) is 9.12. The number of nitrogens with one attached hydrogen (secondary N) is 1. The van der Waals surface area contributed by atoms with Crippen molar-refractivity contribution in [1.29, 1.82) is 0 Å². The summed E-state index contributed by atoms with van der Waals surface area (Å²) < 4.78 is 35.1. The van der Waals surface area contributed by atoms with E-state index < -0.39 is 10.0 Å². The average molecular weight is 558 g/mol. The summed E-state index contributed by atoms with van der Waals surface area (Å²) in [6.07, 6.45) is 0.786. The fraction of sp³-hybridized carbons (Fsp3) is 0.385. The lowest BCUT2D eigenvalue weighted by atomic mass is 10.1. The number of rotatable bonds is 10. The van der Waals surface area contributed by atoms with Gasteiger partial charge in [-0.1, -0.05) is 43.0 Å². The second-order valence-corrected chi connectivity index (χ2v) is 11.8. The van der Waals surface area contributed by atoms with Gasteiger partial charge in [0.15, 0.2) is 16.8 Å². The van der Waals surface area contributed by atoms with Crippen LogP contribution in [0.2, 0.25) is 0 Å². The minimum atomic E-state index is -3.67. The number of hydrogen-bond donors (Lipinski definition) is 1. The van der Waals surface area contributed by atoms with Crippen LogP contribution in [0.4, 0.5) is 5.69 Å². The summed E-state index contributed by atoms with van der Waals surface area (Å²) in [4.78, 5) is 24.5. The molecule has 1 saturated heterocycles. The molecule has 0 spiro atoms. The Balaban J connectivity index is 1.55. The van der Waals surface area contributed by atoms with Gasteiger partial charge in [-0.2, -0.15) is 4.31 Å². The molecule has 12 heteroatoms. The zero-order valence-corrected chi connectivity index (χ0v) is 23.2. The van der Waals surface area contributed by atoms with Crippen LogP contribution >= 0.6 is 11.8 Å². The van der Waals surface area contributed by atoms with Gasteiger partial charge < -0.3 is 10.1 Å². The number of ketones is 1. The molecule has 202 valence electrons. The Morgan fingerprint density at radius 1 is 1.11 bits per heavy atom. The topological polar surface area (TPSA) is 123 Å². The number of hydrogen-bond acceptors (Lipinski definition) is 8. The van der Waals surface area contributed by atoms with E-state index in [4.69, 9.17) is 4.74 Å². The minimum Gasteiger partial charge on any atom is -0.379 e. The largest absolute Gasteiger partial charge is 0.379 e. The maximum Gasteiger partial charge on any atom is 0.243 e. The highest BCUT2D eigenvalue weighted by Gasteiger charge is 2.27. The van der Waals surface area contributed by atoms with Crippen LogP contribution in [-0.4, -0.2) is 71.2 Å². The Morgan fingerprint density at radius 3 is 2.55 bits per heavy atom. The molecule has 4 rings (SSSR count). The van der Waals surface area contributed by atoms with Gasteiger partial charge in [-0.3, -0.25) is 14.2 Å². The van der Waals surface area contributed by atoms with Crippen molar-refractivity contribution in [2.24, 2.45) is 0 Å². The van der Waals surface area contributed by atoms with Gasteiger partial charge in [0, 0.05) is 35.9 Å². The predicted octanol–water partition coefficient (Wildman–Crippen LogP) is 3.87. The van der Waals surface area contributed by atoms with Gasteiger partial charge in [-0.15, -0.1) is 10.2 Å². The van der Waals surface area contributed by atoms with Crippen molar-refractivity contribution < 1.29 is 22.7 Å². The molecular weight excluding hydrogens is 526 g/mol. The summed E-state index contributed by atoms with van der Waals surface area (Å²) in [6.45, 7) is 6.92. The van der Waals surface area contributed by atoms with E-state index in [-0.39, 0.29) is 28.4 Å².